The molecule has 0 fully saturated rings. The Kier molecular flexibility index (Phi) is 4.11. The smallest absolute Gasteiger partial charge is 0.212 e. The van der Waals surface area contributed by atoms with Gasteiger partial charge in [0.25, 0.3) is 0 Å². The predicted octanol–water partition coefficient (Wildman–Crippen LogP) is 3.72. The number of rotatable bonds is 4. The van der Waals surface area contributed by atoms with Crippen LogP contribution in [0, 0.1) is 6.92 Å². The molecule has 0 radical (unpaired) electrons. The second-order valence-corrected chi connectivity index (χ2v) is 8.45. The zero-order chi connectivity index (χ0) is 19.2. The molecule has 0 aliphatic heterocycles. The maximum Gasteiger partial charge on any atom is 0.212 e. The number of fused-ring (bicyclic) bond motifs is 2. The fourth-order valence-corrected chi connectivity index (χ4v) is 4.75. The predicted molar refractivity (Wildman–Crippen MR) is 106 cm³/mol. The van der Waals surface area contributed by atoms with Crippen molar-refractivity contribution >= 4 is 37.9 Å². The average molecular weight is 380 g/mol. The highest BCUT2D eigenvalue weighted by atomic mass is 32.2. The van der Waals surface area contributed by atoms with Gasteiger partial charge in [-0.1, -0.05) is 36.8 Å². The van der Waals surface area contributed by atoms with Gasteiger partial charge in [0, 0.05) is 6.54 Å². The molecule has 0 saturated heterocycles. The lowest BCUT2D eigenvalue weighted by Crippen LogP contribution is -2.08. The standard InChI is InChI=1S/C20H20N4O2S/c1-3-12-24-19(21)18(27(25,26)14-10-8-13(2)9-11-14)17-20(24)23-16-7-5-4-6-15(16)22-17/h4-11H,3,12,21H2,1-2H3. The van der Waals surface area contributed by atoms with E-state index in [-0.39, 0.29) is 15.6 Å². The largest absolute Gasteiger partial charge is 0.384 e. The zero-order valence-electron chi connectivity index (χ0n) is 15.2. The summed E-state index contributed by atoms with van der Waals surface area (Å²) in [5.74, 6) is 0.183. The van der Waals surface area contributed by atoms with Crippen molar-refractivity contribution in [3.63, 3.8) is 0 Å². The second kappa shape index (κ2) is 6.35. The van der Waals surface area contributed by atoms with Crippen molar-refractivity contribution in [2.24, 2.45) is 0 Å². The van der Waals surface area contributed by atoms with Gasteiger partial charge in [0.2, 0.25) is 9.84 Å². The van der Waals surface area contributed by atoms with E-state index in [1.165, 1.54) is 0 Å². The molecule has 138 valence electrons. The fourth-order valence-electron chi connectivity index (χ4n) is 3.24. The van der Waals surface area contributed by atoms with Gasteiger partial charge >= 0.3 is 0 Å². The molecule has 4 aromatic rings. The number of aryl methyl sites for hydroxylation is 2. The number of nitrogens with zero attached hydrogens (tertiary/aromatic N) is 3. The van der Waals surface area contributed by atoms with Crippen LogP contribution in [0.25, 0.3) is 22.2 Å². The zero-order valence-corrected chi connectivity index (χ0v) is 16.0. The molecule has 2 aromatic heterocycles. The molecule has 6 nitrogen and oxygen atoms in total. The SMILES string of the molecule is CCCn1c(N)c(S(=O)(=O)c2ccc(C)cc2)c2nc3ccccc3nc21. The van der Waals surface area contributed by atoms with Gasteiger partial charge in [0.15, 0.2) is 5.65 Å². The third kappa shape index (κ3) is 2.75. The van der Waals surface area contributed by atoms with Crippen LogP contribution in [-0.2, 0) is 16.4 Å². The first kappa shape index (κ1) is 17.5. The lowest BCUT2D eigenvalue weighted by molar-refractivity contribution is 0.596. The van der Waals surface area contributed by atoms with E-state index in [1.54, 1.807) is 28.8 Å². The highest BCUT2D eigenvalue weighted by Crippen LogP contribution is 2.35. The Labute approximate surface area is 157 Å². The molecule has 0 atom stereocenters. The van der Waals surface area contributed by atoms with E-state index in [0.717, 1.165) is 12.0 Å². The van der Waals surface area contributed by atoms with Crippen molar-refractivity contribution in [3.05, 3.63) is 54.1 Å². The van der Waals surface area contributed by atoms with E-state index < -0.39 is 9.84 Å². The van der Waals surface area contributed by atoms with E-state index in [4.69, 9.17) is 5.73 Å². The topological polar surface area (TPSA) is 90.9 Å². The first-order chi connectivity index (χ1) is 12.9. The minimum Gasteiger partial charge on any atom is -0.384 e. The van der Waals surface area contributed by atoms with Crippen molar-refractivity contribution in [2.45, 2.75) is 36.6 Å². The van der Waals surface area contributed by atoms with Gasteiger partial charge in [0.1, 0.15) is 16.2 Å². The average Bonchev–Trinajstić information content (AvgIpc) is 2.92. The highest BCUT2D eigenvalue weighted by Gasteiger charge is 2.29. The quantitative estimate of drug-likeness (QED) is 0.583. The molecule has 0 saturated carbocycles. The van der Waals surface area contributed by atoms with E-state index in [9.17, 15) is 8.42 Å². The van der Waals surface area contributed by atoms with Crippen LogP contribution in [0.15, 0.2) is 58.3 Å². The minimum absolute atomic E-state index is 0.0352. The molecule has 7 heteroatoms. The molecule has 2 heterocycles. The molecule has 0 aliphatic carbocycles. The molecule has 0 aliphatic rings. The van der Waals surface area contributed by atoms with Gasteiger partial charge in [0.05, 0.1) is 15.9 Å². The molecular weight excluding hydrogens is 360 g/mol. The number of sulfone groups is 1. The van der Waals surface area contributed by atoms with Gasteiger partial charge < -0.3 is 10.3 Å². The number of anilines is 1. The summed E-state index contributed by atoms with van der Waals surface area (Å²) in [7, 11) is -3.83. The van der Waals surface area contributed by atoms with Gasteiger partial charge in [-0.3, -0.25) is 0 Å². The summed E-state index contributed by atoms with van der Waals surface area (Å²) in [4.78, 5) is 9.50. The van der Waals surface area contributed by atoms with Crippen LogP contribution in [0.3, 0.4) is 0 Å². The number of nitrogens with two attached hydrogens (primary N) is 1. The van der Waals surface area contributed by atoms with E-state index >= 15 is 0 Å². The number of nitrogen functional groups attached to an aromatic ring is 1. The monoisotopic (exact) mass is 380 g/mol. The molecule has 0 unspecified atom stereocenters. The second-order valence-electron chi connectivity index (χ2n) is 6.57. The van der Waals surface area contributed by atoms with Crippen molar-refractivity contribution < 1.29 is 8.42 Å². The number of aromatic nitrogens is 3. The number of para-hydroxylation sites is 2. The Morgan fingerprint density at radius 1 is 1.00 bits per heavy atom. The van der Waals surface area contributed by atoms with Gasteiger partial charge in [-0.25, -0.2) is 18.4 Å². The van der Waals surface area contributed by atoms with Crippen molar-refractivity contribution in [2.75, 3.05) is 5.73 Å². The summed E-state index contributed by atoms with van der Waals surface area (Å²) in [5.41, 5.74) is 9.47. The minimum atomic E-state index is -3.83. The van der Waals surface area contributed by atoms with Crippen molar-refractivity contribution in [1.82, 2.24) is 14.5 Å². The first-order valence-electron chi connectivity index (χ1n) is 8.79. The van der Waals surface area contributed by atoms with Crippen LogP contribution in [0.2, 0.25) is 0 Å². The third-order valence-corrected chi connectivity index (χ3v) is 6.43. The molecule has 2 aromatic carbocycles. The summed E-state index contributed by atoms with van der Waals surface area (Å²) >= 11 is 0. The van der Waals surface area contributed by atoms with Crippen LogP contribution in [0.1, 0.15) is 18.9 Å². The molecule has 0 bridgehead atoms. The van der Waals surface area contributed by atoms with E-state index in [2.05, 4.69) is 9.97 Å². The summed E-state index contributed by atoms with van der Waals surface area (Å²) in [5, 5.41) is 0. The molecule has 0 spiro atoms. The highest BCUT2D eigenvalue weighted by molar-refractivity contribution is 7.92. The van der Waals surface area contributed by atoms with Crippen molar-refractivity contribution in [1.29, 1.82) is 0 Å². The van der Waals surface area contributed by atoms with Gasteiger partial charge in [-0.2, -0.15) is 0 Å². The lowest BCUT2D eigenvalue weighted by Gasteiger charge is -2.07. The molecule has 27 heavy (non-hydrogen) atoms. The Morgan fingerprint density at radius 2 is 1.63 bits per heavy atom. The van der Waals surface area contributed by atoms with Crippen LogP contribution in [0.5, 0.6) is 0 Å². The molecule has 2 N–H and O–H groups in total. The van der Waals surface area contributed by atoms with Crippen LogP contribution >= 0.6 is 0 Å². The molecule has 0 amide bonds. The Bertz CT molecular complexity index is 1260. The van der Waals surface area contributed by atoms with Crippen LogP contribution in [-0.4, -0.2) is 23.0 Å². The molecular formula is C20H20N4O2S. The van der Waals surface area contributed by atoms with E-state index in [0.29, 0.717) is 28.7 Å². The lowest BCUT2D eigenvalue weighted by atomic mass is 10.2. The van der Waals surface area contributed by atoms with Crippen molar-refractivity contribution in [3.8, 4) is 0 Å². The Balaban J connectivity index is 2.08. The number of benzene rings is 2. The summed E-state index contributed by atoms with van der Waals surface area (Å²) < 4.78 is 28.5. The maximum absolute atomic E-state index is 13.4. The summed E-state index contributed by atoms with van der Waals surface area (Å²) in [6.07, 6.45) is 0.798. The Hall–Kier alpha value is -2.93. The van der Waals surface area contributed by atoms with Crippen LogP contribution < -0.4 is 5.73 Å². The summed E-state index contributed by atoms with van der Waals surface area (Å²) in [6.45, 7) is 4.49. The summed E-state index contributed by atoms with van der Waals surface area (Å²) in [6, 6.07) is 14.1. The van der Waals surface area contributed by atoms with Gasteiger partial charge in [-0.15, -0.1) is 0 Å². The van der Waals surface area contributed by atoms with E-state index in [1.807, 2.05) is 38.1 Å². The Morgan fingerprint density at radius 3 is 2.26 bits per heavy atom. The molecule has 4 rings (SSSR count). The van der Waals surface area contributed by atoms with Gasteiger partial charge in [-0.05, 0) is 37.6 Å². The number of hydrogen-bond acceptors (Lipinski definition) is 5. The van der Waals surface area contributed by atoms with Crippen LogP contribution in [0.4, 0.5) is 5.82 Å². The normalized spacial score (nSPS) is 12.1. The number of hydrogen-bond donors (Lipinski definition) is 1. The third-order valence-electron chi connectivity index (χ3n) is 4.59. The maximum atomic E-state index is 13.4. The first-order valence-corrected chi connectivity index (χ1v) is 10.3. The fraction of sp³-hybridized carbons (Fsp3) is 0.200.